The first kappa shape index (κ1) is 7.43. The minimum atomic E-state index is -0.0817. The van der Waals surface area contributed by atoms with Crippen LogP contribution in [0.15, 0.2) is 18.2 Å². The molecule has 0 aromatic heterocycles. The van der Waals surface area contributed by atoms with E-state index in [4.69, 9.17) is 15.6 Å². The molecule has 0 radical (unpaired) electrons. The molecular formula is C9H11NO2. The second-order valence-electron chi connectivity index (χ2n) is 2.99. The molecule has 1 heterocycles. The summed E-state index contributed by atoms with van der Waals surface area (Å²) in [7, 11) is 0. The number of aliphatic hydroxyl groups is 1. The number of benzene rings is 1. The fourth-order valence-electron chi connectivity index (χ4n) is 1.44. The highest BCUT2D eigenvalue weighted by atomic mass is 16.5. The van der Waals surface area contributed by atoms with Gasteiger partial charge in [-0.1, -0.05) is 0 Å². The van der Waals surface area contributed by atoms with Crippen LogP contribution in [0, 0.1) is 0 Å². The first-order valence-electron chi connectivity index (χ1n) is 3.95. The van der Waals surface area contributed by atoms with Gasteiger partial charge in [-0.05, 0) is 23.8 Å². The van der Waals surface area contributed by atoms with Crippen LogP contribution in [0.3, 0.4) is 0 Å². The maximum Gasteiger partial charge on any atom is 0.126 e. The lowest BCUT2D eigenvalue weighted by Crippen LogP contribution is -2.17. The van der Waals surface area contributed by atoms with Gasteiger partial charge in [0.25, 0.3) is 0 Å². The summed E-state index contributed by atoms with van der Waals surface area (Å²) in [4.78, 5) is 0. The molecule has 1 aromatic rings. The molecule has 2 rings (SSSR count). The second-order valence-corrected chi connectivity index (χ2v) is 2.99. The van der Waals surface area contributed by atoms with Crippen LogP contribution in [-0.4, -0.2) is 17.8 Å². The van der Waals surface area contributed by atoms with Crippen molar-refractivity contribution in [1.82, 2.24) is 0 Å². The van der Waals surface area contributed by atoms with E-state index in [-0.39, 0.29) is 12.7 Å². The van der Waals surface area contributed by atoms with Gasteiger partial charge in [-0.25, -0.2) is 0 Å². The Morgan fingerprint density at radius 3 is 3.17 bits per heavy atom. The van der Waals surface area contributed by atoms with Gasteiger partial charge < -0.3 is 15.6 Å². The Labute approximate surface area is 70.8 Å². The molecule has 0 saturated carbocycles. The van der Waals surface area contributed by atoms with Crippen molar-refractivity contribution in [2.24, 2.45) is 0 Å². The maximum absolute atomic E-state index is 8.85. The minimum absolute atomic E-state index is 0.0641. The van der Waals surface area contributed by atoms with Crippen molar-refractivity contribution in [3.8, 4) is 5.75 Å². The van der Waals surface area contributed by atoms with E-state index in [1.807, 2.05) is 12.1 Å². The van der Waals surface area contributed by atoms with E-state index >= 15 is 0 Å². The minimum Gasteiger partial charge on any atom is -0.487 e. The van der Waals surface area contributed by atoms with Crippen LogP contribution in [0.1, 0.15) is 5.56 Å². The smallest absolute Gasteiger partial charge is 0.126 e. The Hall–Kier alpha value is -1.22. The Morgan fingerprint density at radius 2 is 2.42 bits per heavy atom. The van der Waals surface area contributed by atoms with Gasteiger partial charge in [0.05, 0.1) is 6.61 Å². The SMILES string of the molecule is Nc1ccc2c(c1)CC(CO)O2. The largest absolute Gasteiger partial charge is 0.487 e. The van der Waals surface area contributed by atoms with Crippen LogP contribution in [0.5, 0.6) is 5.75 Å². The third-order valence-electron chi connectivity index (χ3n) is 2.03. The van der Waals surface area contributed by atoms with Gasteiger partial charge in [-0.2, -0.15) is 0 Å². The van der Waals surface area contributed by atoms with Crippen molar-refractivity contribution < 1.29 is 9.84 Å². The molecule has 0 spiro atoms. The normalized spacial score (nSPS) is 20.2. The molecule has 1 atom stereocenters. The highest BCUT2D eigenvalue weighted by molar-refractivity contribution is 5.49. The Morgan fingerprint density at radius 1 is 1.58 bits per heavy atom. The van der Waals surface area contributed by atoms with Crippen molar-refractivity contribution >= 4 is 5.69 Å². The van der Waals surface area contributed by atoms with Gasteiger partial charge in [0, 0.05) is 12.1 Å². The predicted octanol–water partition coefficient (Wildman–Crippen LogP) is 0.565. The number of nitrogen functional groups attached to an aromatic ring is 1. The fraction of sp³-hybridized carbons (Fsp3) is 0.333. The number of fused-ring (bicyclic) bond motifs is 1. The van der Waals surface area contributed by atoms with Crippen molar-refractivity contribution in [3.63, 3.8) is 0 Å². The summed E-state index contributed by atoms with van der Waals surface area (Å²) >= 11 is 0. The van der Waals surface area contributed by atoms with E-state index in [9.17, 15) is 0 Å². The standard InChI is InChI=1S/C9H11NO2/c10-7-1-2-9-6(3-7)4-8(5-11)12-9/h1-3,8,11H,4-5,10H2. The number of nitrogens with two attached hydrogens (primary N) is 1. The van der Waals surface area contributed by atoms with E-state index < -0.39 is 0 Å². The fourth-order valence-corrected chi connectivity index (χ4v) is 1.44. The summed E-state index contributed by atoms with van der Waals surface area (Å²) in [6.07, 6.45) is 0.679. The summed E-state index contributed by atoms with van der Waals surface area (Å²) in [5.74, 6) is 0.850. The average molecular weight is 165 g/mol. The Bertz CT molecular complexity index is 299. The Balaban J connectivity index is 2.30. The van der Waals surface area contributed by atoms with E-state index in [1.165, 1.54) is 0 Å². The van der Waals surface area contributed by atoms with Crippen LogP contribution in [0.25, 0.3) is 0 Å². The van der Waals surface area contributed by atoms with Crippen molar-refractivity contribution in [2.45, 2.75) is 12.5 Å². The van der Waals surface area contributed by atoms with E-state index in [2.05, 4.69) is 0 Å². The molecule has 0 fully saturated rings. The van der Waals surface area contributed by atoms with Crippen molar-refractivity contribution in [2.75, 3.05) is 12.3 Å². The number of hydrogen-bond donors (Lipinski definition) is 2. The Kier molecular flexibility index (Phi) is 1.66. The number of rotatable bonds is 1. The molecule has 3 N–H and O–H groups in total. The topological polar surface area (TPSA) is 55.5 Å². The number of ether oxygens (including phenoxy) is 1. The van der Waals surface area contributed by atoms with Crippen LogP contribution in [0.2, 0.25) is 0 Å². The molecule has 12 heavy (non-hydrogen) atoms. The number of hydrogen-bond acceptors (Lipinski definition) is 3. The summed E-state index contributed by atoms with van der Waals surface area (Å²) in [6.45, 7) is 0.0641. The van der Waals surface area contributed by atoms with Gasteiger partial charge in [-0.15, -0.1) is 0 Å². The molecule has 1 unspecified atom stereocenters. The van der Waals surface area contributed by atoms with Crippen molar-refractivity contribution in [1.29, 1.82) is 0 Å². The summed E-state index contributed by atoms with van der Waals surface area (Å²) in [6, 6.07) is 5.55. The van der Waals surface area contributed by atoms with Gasteiger partial charge in [0.1, 0.15) is 11.9 Å². The molecule has 0 bridgehead atoms. The van der Waals surface area contributed by atoms with Crippen LogP contribution < -0.4 is 10.5 Å². The molecule has 3 nitrogen and oxygen atoms in total. The molecule has 3 heteroatoms. The molecule has 1 aromatic carbocycles. The monoisotopic (exact) mass is 165 g/mol. The molecule has 1 aliphatic rings. The zero-order valence-electron chi connectivity index (χ0n) is 6.66. The summed E-state index contributed by atoms with van der Waals surface area (Å²) < 4.78 is 5.41. The van der Waals surface area contributed by atoms with E-state index in [0.717, 1.165) is 23.4 Å². The highest BCUT2D eigenvalue weighted by Gasteiger charge is 2.21. The van der Waals surface area contributed by atoms with E-state index in [1.54, 1.807) is 6.07 Å². The molecule has 64 valence electrons. The van der Waals surface area contributed by atoms with Crippen LogP contribution >= 0.6 is 0 Å². The van der Waals surface area contributed by atoms with Gasteiger partial charge in [-0.3, -0.25) is 0 Å². The second kappa shape index (κ2) is 2.68. The molecule has 0 amide bonds. The lowest BCUT2D eigenvalue weighted by molar-refractivity contribution is 0.134. The van der Waals surface area contributed by atoms with Crippen LogP contribution in [-0.2, 0) is 6.42 Å². The first-order valence-corrected chi connectivity index (χ1v) is 3.95. The lowest BCUT2D eigenvalue weighted by atomic mass is 10.1. The maximum atomic E-state index is 8.85. The number of anilines is 1. The average Bonchev–Trinajstić information content (AvgIpc) is 2.46. The zero-order chi connectivity index (χ0) is 8.55. The van der Waals surface area contributed by atoms with Gasteiger partial charge in [0.15, 0.2) is 0 Å². The first-order chi connectivity index (χ1) is 5.79. The molecule has 0 saturated heterocycles. The summed E-state index contributed by atoms with van der Waals surface area (Å²) in [5, 5.41) is 8.85. The lowest BCUT2D eigenvalue weighted by Gasteiger charge is -2.04. The van der Waals surface area contributed by atoms with Crippen LogP contribution in [0.4, 0.5) is 5.69 Å². The molecule has 1 aliphatic heterocycles. The third kappa shape index (κ3) is 1.12. The van der Waals surface area contributed by atoms with Crippen molar-refractivity contribution in [3.05, 3.63) is 23.8 Å². The van der Waals surface area contributed by atoms with Gasteiger partial charge in [0.2, 0.25) is 0 Å². The van der Waals surface area contributed by atoms with Gasteiger partial charge >= 0.3 is 0 Å². The number of aliphatic hydroxyl groups excluding tert-OH is 1. The molecular weight excluding hydrogens is 154 g/mol. The quantitative estimate of drug-likeness (QED) is 0.598. The summed E-state index contributed by atoms with van der Waals surface area (Å²) in [5.41, 5.74) is 7.44. The third-order valence-corrected chi connectivity index (χ3v) is 2.03. The predicted molar refractivity (Wildman–Crippen MR) is 46.1 cm³/mol. The highest BCUT2D eigenvalue weighted by Crippen LogP contribution is 2.29. The van der Waals surface area contributed by atoms with E-state index in [0.29, 0.717) is 0 Å². The zero-order valence-corrected chi connectivity index (χ0v) is 6.66. The molecule has 0 aliphatic carbocycles.